The van der Waals surface area contributed by atoms with Crippen LogP contribution in [0.3, 0.4) is 0 Å². The van der Waals surface area contributed by atoms with E-state index in [1.165, 1.54) is 18.2 Å². The highest BCUT2D eigenvalue weighted by molar-refractivity contribution is 5.92. The van der Waals surface area contributed by atoms with E-state index < -0.39 is 29.8 Å². The number of carbonyl (C=O) groups excluding carboxylic acids is 4. The fourth-order valence-electron chi connectivity index (χ4n) is 4.20. The van der Waals surface area contributed by atoms with Crippen LogP contribution >= 0.6 is 0 Å². The predicted octanol–water partition coefficient (Wildman–Crippen LogP) is -2.26. The van der Waals surface area contributed by atoms with E-state index in [-0.39, 0.29) is 36.2 Å². The second kappa shape index (κ2) is 23.3. The maximum atomic E-state index is 12.5. The number of rotatable bonds is 25. The van der Waals surface area contributed by atoms with Crippen LogP contribution in [0.5, 0.6) is 11.5 Å². The summed E-state index contributed by atoms with van der Waals surface area (Å²) in [5, 5.41) is 33.8. The summed E-state index contributed by atoms with van der Waals surface area (Å²) in [7, 11) is 0. The number of nitrogens with one attached hydrogen (secondary N) is 5. The summed E-state index contributed by atoms with van der Waals surface area (Å²) >= 11 is 0. The molecule has 0 spiro atoms. The monoisotopic (exact) mass is 636 g/mol. The van der Waals surface area contributed by atoms with Crippen molar-refractivity contribution in [2.24, 2.45) is 27.9 Å². The van der Waals surface area contributed by atoms with Crippen molar-refractivity contribution in [3.63, 3.8) is 0 Å². The molecule has 0 aliphatic rings. The minimum Gasteiger partial charge on any atom is -0.504 e. The van der Waals surface area contributed by atoms with Gasteiger partial charge in [-0.3, -0.25) is 24.2 Å². The molecule has 45 heavy (non-hydrogen) atoms. The predicted molar refractivity (Wildman–Crippen MR) is 172 cm³/mol. The third kappa shape index (κ3) is 19.7. The van der Waals surface area contributed by atoms with E-state index in [1.807, 2.05) is 0 Å². The van der Waals surface area contributed by atoms with Gasteiger partial charge in [0.15, 0.2) is 17.5 Å². The molecule has 0 aromatic heterocycles. The Morgan fingerprint density at radius 2 is 1.36 bits per heavy atom. The molecule has 0 aliphatic heterocycles. The van der Waals surface area contributed by atoms with Crippen LogP contribution in [0.25, 0.3) is 0 Å². The molecule has 254 valence electrons. The number of phenols is 2. The van der Waals surface area contributed by atoms with E-state index in [9.17, 15) is 29.4 Å². The molecule has 16 heteroatoms. The fraction of sp³-hybridized carbons (Fsp3) is 0.621. The Labute approximate surface area is 264 Å². The van der Waals surface area contributed by atoms with E-state index in [0.29, 0.717) is 38.0 Å². The molecule has 0 heterocycles. The maximum Gasteiger partial charge on any atom is 0.243 e. The van der Waals surface area contributed by atoms with Gasteiger partial charge in [-0.2, -0.15) is 0 Å². The minimum atomic E-state index is -1.10. The number of hydrogen-bond acceptors (Lipinski definition) is 10. The standard InChI is InChI=1S/C29H52N10O6/c30-21(7-4-15-38-29(32)33)27(44)36-16-6-13-35-12-5-11-34-10-2-1-3-14-37-28(45)22(19-25(31)42)39-26(43)18-20-8-9-23(40)24(41)17-20/h8-9,17,21-22,34-35,40-41H,1-7,10-16,18-19,30H2,(H2,31,42)(H,36,44)(H,37,45)(H,39,43)(H4,32,33,38). The van der Waals surface area contributed by atoms with Gasteiger partial charge in [0.25, 0.3) is 0 Å². The van der Waals surface area contributed by atoms with Crippen LogP contribution in [-0.2, 0) is 25.6 Å². The quantitative estimate of drug-likeness (QED) is 0.0236. The first-order valence-electron chi connectivity index (χ1n) is 15.4. The molecule has 0 aliphatic carbocycles. The van der Waals surface area contributed by atoms with Crippen molar-refractivity contribution in [1.82, 2.24) is 26.6 Å². The first-order valence-corrected chi connectivity index (χ1v) is 15.4. The third-order valence-electron chi connectivity index (χ3n) is 6.63. The van der Waals surface area contributed by atoms with Gasteiger partial charge in [-0.25, -0.2) is 0 Å². The number of amides is 4. The van der Waals surface area contributed by atoms with E-state index >= 15 is 0 Å². The lowest BCUT2D eigenvalue weighted by Gasteiger charge is -2.17. The van der Waals surface area contributed by atoms with Gasteiger partial charge in [0, 0.05) is 19.6 Å². The van der Waals surface area contributed by atoms with Crippen molar-refractivity contribution in [3.8, 4) is 11.5 Å². The van der Waals surface area contributed by atoms with Crippen LogP contribution < -0.4 is 49.5 Å². The molecule has 0 fully saturated rings. The number of guanidine groups is 1. The Balaban J connectivity index is 2.05. The number of phenolic OH excluding ortho intramolecular Hbond substituents is 2. The third-order valence-corrected chi connectivity index (χ3v) is 6.63. The molecule has 15 N–H and O–H groups in total. The van der Waals surface area contributed by atoms with Crippen LogP contribution in [0.2, 0.25) is 0 Å². The van der Waals surface area contributed by atoms with Crippen molar-refractivity contribution in [2.75, 3.05) is 45.8 Å². The zero-order valence-corrected chi connectivity index (χ0v) is 26.0. The molecular formula is C29H52N10O6. The van der Waals surface area contributed by atoms with Gasteiger partial charge in [-0.05, 0) is 82.4 Å². The number of unbranched alkanes of at least 4 members (excludes halogenated alkanes) is 2. The second-order valence-electron chi connectivity index (χ2n) is 10.7. The van der Waals surface area contributed by atoms with Gasteiger partial charge >= 0.3 is 0 Å². The first-order chi connectivity index (χ1) is 21.5. The number of nitrogens with two attached hydrogens (primary N) is 4. The lowest BCUT2D eigenvalue weighted by atomic mass is 10.1. The zero-order chi connectivity index (χ0) is 33.5. The van der Waals surface area contributed by atoms with E-state index in [0.717, 1.165) is 58.3 Å². The van der Waals surface area contributed by atoms with Crippen molar-refractivity contribution < 1.29 is 29.4 Å². The maximum absolute atomic E-state index is 12.5. The number of carbonyl (C=O) groups is 4. The molecule has 0 radical (unpaired) electrons. The number of primary amides is 1. The molecule has 0 saturated heterocycles. The van der Waals surface area contributed by atoms with Crippen LogP contribution in [0.15, 0.2) is 23.2 Å². The van der Waals surface area contributed by atoms with Gasteiger partial charge in [-0.15, -0.1) is 0 Å². The van der Waals surface area contributed by atoms with Gasteiger partial charge in [0.05, 0.1) is 18.9 Å². The summed E-state index contributed by atoms with van der Waals surface area (Å²) in [5.41, 5.74) is 22.1. The largest absolute Gasteiger partial charge is 0.504 e. The Hall–Kier alpha value is -4.15. The minimum absolute atomic E-state index is 0.0296. The summed E-state index contributed by atoms with van der Waals surface area (Å²) in [6.07, 6.45) is 4.98. The molecule has 2 unspecified atom stereocenters. The smallest absolute Gasteiger partial charge is 0.243 e. The second-order valence-corrected chi connectivity index (χ2v) is 10.7. The topological polar surface area (TPSA) is 285 Å². The van der Waals surface area contributed by atoms with Gasteiger partial charge < -0.3 is 59.7 Å². The Kier molecular flexibility index (Phi) is 20.1. The van der Waals surface area contributed by atoms with Crippen molar-refractivity contribution in [3.05, 3.63) is 23.8 Å². The Bertz CT molecular complexity index is 1080. The van der Waals surface area contributed by atoms with E-state index in [4.69, 9.17) is 22.9 Å². The highest BCUT2D eigenvalue weighted by Crippen LogP contribution is 2.25. The molecule has 4 amide bonds. The molecular weight excluding hydrogens is 584 g/mol. The van der Waals surface area contributed by atoms with Crippen LogP contribution in [0.4, 0.5) is 0 Å². The number of hydrogen-bond donors (Lipinski definition) is 11. The van der Waals surface area contributed by atoms with Gasteiger partial charge in [0.2, 0.25) is 23.6 Å². The number of aliphatic imine (C=N–C) groups is 1. The number of aromatic hydroxyl groups is 2. The SMILES string of the molecule is NC(=O)CC(NC(=O)Cc1ccc(O)c(O)c1)C(=O)NCCCCCNCCCNCCCNC(=O)C(N)CCCN=C(N)N. The summed E-state index contributed by atoms with van der Waals surface area (Å²) in [6.45, 7) is 4.77. The average Bonchev–Trinajstić information content (AvgIpc) is 2.98. The normalized spacial score (nSPS) is 12.1. The molecule has 1 rings (SSSR count). The van der Waals surface area contributed by atoms with Crippen molar-refractivity contribution in [1.29, 1.82) is 0 Å². The van der Waals surface area contributed by atoms with E-state index in [2.05, 4.69) is 31.6 Å². The van der Waals surface area contributed by atoms with Crippen molar-refractivity contribution >= 4 is 29.6 Å². The van der Waals surface area contributed by atoms with E-state index in [1.54, 1.807) is 0 Å². The first kappa shape index (κ1) is 38.9. The molecule has 0 saturated carbocycles. The zero-order valence-electron chi connectivity index (χ0n) is 26.0. The number of benzene rings is 1. The lowest BCUT2D eigenvalue weighted by Crippen LogP contribution is -2.49. The summed E-state index contributed by atoms with van der Waals surface area (Å²) in [4.78, 5) is 52.2. The van der Waals surface area contributed by atoms with Gasteiger partial charge in [0.1, 0.15) is 6.04 Å². The van der Waals surface area contributed by atoms with Gasteiger partial charge in [-0.1, -0.05) is 12.5 Å². The van der Waals surface area contributed by atoms with Crippen LogP contribution in [-0.4, -0.2) is 97.7 Å². The van der Waals surface area contributed by atoms with Crippen LogP contribution in [0.1, 0.15) is 56.9 Å². The Morgan fingerprint density at radius 1 is 0.756 bits per heavy atom. The van der Waals surface area contributed by atoms with Crippen LogP contribution in [0, 0.1) is 0 Å². The summed E-state index contributed by atoms with van der Waals surface area (Å²) in [6, 6.07) is 2.30. The molecule has 0 bridgehead atoms. The summed E-state index contributed by atoms with van der Waals surface area (Å²) < 4.78 is 0. The molecule has 16 nitrogen and oxygen atoms in total. The van der Waals surface area contributed by atoms with Crippen molar-refractivity contribution in [2.45, 2.75) is 69.9 Å². The Morgan fingerprint density at radius 3 is 2.00 bits per heavy atom. The molecule has 2 atom stereocenters. The number of nitrogens with zero attached hydrogens (tertiary/aromatic N) is 1. The highest BCUT2D eigenvalue weighted by atomic mass is 16.3. The fourth-order valence-corrected chi connectivity index (χ4v) is 4.20. The average molecular weight is 637 g/mol. The lowest BCUT2D eigenvalue weighted by molar-refractivity contribution is -0.131. The highest BCUT2D eigenvalue weighted by Gasteiger charge is 2.23. The molecule has 1 aromatic rings. The molecule has 1 aromatic carbocycles. The summed E-state index contributed by atoms with van der Waals surface area (Å²) in [5.74, 6) is -2.56.